The Hall–Kier alpha value is -3.62. The summed E-state index contributed by atoms with van der Waals surface area (Å²) in [6, 6.07) is 7.01. The van der Waals surface area contributed by atoms with Crippen LogP contribution >= 0.6 is 0 Å². The summed E-state index contributed by atoms with van der Waals surface area (Å²) < 4.78 is 1.87. The molecule has 1 unspecified atom stereocenters. The molecular formula is C19H21N7O2. The predicted molar refractivity (Wildman–Crippen MR) is 107 cm³/mol. The molecule has 0 fully saturated rings. The molecule has 5 N–H and O–H groups in total. The van der Waals surface area contributed by atoms with Gasteiger partial charge in [0.25, 0.3) is 0 Å². The van der Waals surface area contributed by atoms with Gasteiger partial charge in [-0.1, -0.05) is 18.2 Å². The van der Waals surface area contributed by atoms with Crippen molar-refractivity contribution in [3.63, 3.8) is 0 Å². The van der Waals surface area contributed by atoms with Gasteiger partial charge in [-0.15, -0.1) is 0 Å². The Morgan fingerprint density at radius 2 is 2.11 bits per heavy atom. The molecule has 0 saturated carbocycles. The molecule has 144 valence electrons. The first-order valence-corrected chi connectivity index (χ1v) is 8.98. The number of nitrogens with two attached hydrogens (primary N) is 1. The van der Waals surface area contributed by atoms with Crippen LogP contribution in [0.2, 0.25) is 0 Å². The number of anilines is 2. The predicted octanol–water partition coefficient (Wildman–Crippen LogP) is 2.58. The van der Waals surface area contributed by atoms with Crippen LogP contribution in [0.5, 0.6) is 0 Å². The second-order valence-corrected chi connectivity index (χ2v) is 6.95. The highest BCUT2D eigenvalue weighted by Gasteiger charge is 2.23. The monoisotopic (exact) mass is 379 g/mol. The number of imidazole rings is 1. The molecule has 0 amide bonds. The lowest BCUT2D eigenvalue weighted by Crippen LogP contribution is -2.32. The maximum absolute atomic E-state index is 11.9. The zero-order valence-corrected chi connectivity index (χ0v) is 15.5. The number of carbonyl (C=O) groups is 1. The first-order valence-electron chi connectivity index (χ1n) is 8.98. The number of aromatic amines is 1. The van der Waals surface area contributed by atoms with E-state index in [1.807, 2.05) is 48.9 Å². The molecule has 9 heteroatoms. The van der Waals surface area contributed by atoms with Gasteiger partial charge in [-0.2, -0.15) is 9.97 Å². The quantitative estimate of drug-likeness (QED) is 0.404. The third-order valence-corrected chi connectivity index (χ3v) is 4.70. The molecule has 0 aliphatic carbocycles. The van der Waals surface area contributed by atoms with Gasteiger partial charge in [-0.3, -0.25) is 0 Å². The van der Waals surface area contributed by atoms with Crippen LogP contribution in [-0.2, 0) is 11.2 Å². The van der Waals surface area contributed by atoms with Crippen molar-refractivity contribution in [2.75, 3.05) is 11.1 Å². The number of rotatable bonds is 6. The van der Waals surface area contributed by atoms with Gasteiger partial charge in [0.1, 0.15) is 6.04 Å². The fraction of sp³-hybridized carbons (Fsp3) is 0.263. The maximum atomic E-state index is 11.9. The molecule has 0 aliphatic heterocycles. The lowest BCUT2D eigenvalue weighted by Gasteiger charge is -2.16. The lowest BCUT2D eigenvalue weighted by molar-refractivity contribution is -0.137. The van der Waals surface area contributed by atoms with E-state index < -0.39 is 12.0 Å². The van der Waals surface area contributed by atoms with Crippen molar-refractivity contribution in [2.45, 2.75) is 32.4 Å². The number of carboxylic acids is 1. The summed E-state index contributed by atoms with van der Waals surface area (Å²) in [5.74, 6) is -0.610. The molecule has 1 atom stereocenters. The van der Waals surface area contributed by atoms with Crippen molar-refractivity contribution in [3.8, 4) is 0 Å². The molecule has 9 nitrogen and oxygen atoms in total. The Bertz CT molecular complexity index is 1160. The zero-order valence-electron chi connectivity index (χ0n) is 15.5. The van der Waals surface area contributed by atoms with E-state index in [2.05, 4.69) is 25.3 Å². The van der Waals surface area contributed by atoms with Gasteiger partial charge < -0.3 is 25.7 Å². The normalized spacial score (nSPS) is 12.7. The highest BCUT2D eigenvalue weighted by atomic mass is 16.4. The fourth-order valence-electron chi connectivity index (χ4n) is 3.30. The molecule has 0 aliphatic rings. The van der Waals surface area contributed by atoms with Gasteiger partial charge in [0.15, 0.2) is 17.0 Å². The van der Waals surface area contributed by atoms with E-state index >= 15 is 0 Å². The van der Waals surface area contributed by atoms with E-state index in [1.54, 1.807) is 6.33 Å². The smallest absolute Gasteiger partial charge is 0.326 e. The molecular weight excluding hydrogens is 358 g/mol. The van der Waals surface area contributed by atoms with Crippen LogP contribution in [0.1, 0.15) is 25.5 Å². The number of H-pyrrole nitrogens is 1. The van der Waals surface area contributed by atoms with Gasteiger partial charge in [0.2, 0.25) is 5.95 Å². The summed E-state index contributed by atoms with van der Waals surface area (Å²) in [5, 5.41) is 13.8. The van der Waals surface area contributed by atoms with Crippen molar-refractivity contribution < 1.29 is 9.90 Å². The van der Waals surface area contributed by atoms with Crippen LogP contribution in [-0.4, -0.2) is 41.6 Å². The molecule has 1 aromatic carbocycles. The van der Waals surface area contributed by atoms with Crippen molar-refractivity contribution >= 4 is 39.8 Å². The molecule has 4 rings (SSSR count). The summed E-state index contributed by atoms with van der Waals surface area (Å²) >= 11 is 0. The topological polar surface area (TPSA) is 135 Å². The first-order chi connectivity index (χ1) is 13.4. The maximum Gasteiger partial charge on any atom is 0.326 e. The molecule has 4 aromatic rings. The Kier molecular flexibility index (Phi) is 4.34. The lowest BCUT2D eigenvalue weighted by atomic mass is 10.1. The molecule has 0 saturated heterocycles. The van der Waals surface area contributed by atoms with E-state index in [4.69, 9.17) is 5.73 Å². The van der Waals surface area contributed by atoms with E-state index in [9.17, 15) is 9.90 Å². The minimum atomic E-state index is -0.987. The number of carboxylic acid groups (broad SMARTS) is 1. The van der Waals surface area contributed by atoms with Crippen LogP contribution in [0.25, 0.3) is 22.1 Å². The van der Waals surface area contributed by atoms with Crippen LogP contribution < -0.4 is 11.1 Å². The number of nitrogens with one attached hydrogen (secondary N) is 2. The van der Waals surface area contributed by atoms with E-state index in [0.29, 0.717) is 17.0 Å². The minimum absolute atomic E-state index is 0.0635. The standard InChI is InChI=1S/C19H21N7O2/c1-10(2)26-9-22-15-16(24-19(20)25-17(15)26)23-14(18(27)28)7-11-8-21-13-6-4-3-5-12(11)13/h3-6,8-10,14,21H,7H2,1-2H3,(H,27,28)(H3,20,23,24,25). The van der Waals surface area contributed by atoms with E-state index in [0.717, 1.165) is 16.5 Å². The Balaban J connectivity index is 1.70. The molecule has 0 bridgehead atoms. The number of aromatic nitrogens is 5. The molecule has 28 heavy (non-hydrogen) atoms. The Labute approximate surface area is 160 Å². The molecule has 3 aromatic heterocycles. The molecule has 0 radical (unpaired) electrons. The van der Waals surface area contributed by atoms with E-state index in [-0.39, 0.29) is 18.4 Å². The first kappa shape index (κ1) is 17.8. The summed E-state index contributed by atoms with van der Waals surface area (Å²) in [6.07, 6.45) is 3.76. The van der Waals surface area contributed by atoms with Crippen LogP contribution in [0, 0.1) is 0 Å². The second-order valence-electron chi connectivity index (χ2n) is 6.95. The number of hydrogen-bond donors (Lipinski definition) is 4. The number of nitrogen functional groups attached to an aromatic ring is 1. The average molecular weight is 379 g/mol. The average Bonchev–Trinajstić information content (AvgIpc) is 3.25. The third kappa shape index (κ3) is 3.11. The van der Waals surface area contributed by atoms with Gasteiger partial charge in [0.05, 0.1) is 6.33 Å². The highest BCUT2D eigenvalue weighted by Crippen LogP contribution is 2.25. The largest absolute Gasteiger partial charge is 0.480 e. The van der Waals surface area contributed by atoms with Gasteiger partial charge in [-0.05, 0) is 25.5 Å². The van der Waals surface area contributed by atoms with Crippen molar-refractivity contribution in [2.24, 2.45) is 0 Å². The summed E-state index contributed by atoms with van der Waals surface area (Å²) in [4.78, 5) is 27.9. The minimum Gasteiger partial charge on any atom is -0.480 e. The number of benzene rings is 1. The van der Waals surface area contributed by atoms with Gasteiger partial charge in [-0.25, -0.2) is 9.78 Å². The molecule has 0 spiro atoms. The van der Waals surface area contributed by atoms with Crippen LogP contribution in [0.15, 0.2) is 36.8 Å². The zero-order chi connectivity index (χ0) is 19.8. The van der Waals surface area contributed by atoms with Crippen molar-refractivity contribution in [1.29, 1.82) is 0 Å². The highest BCUT2D eigenvalue weighted by molar-refractivity contribution is 5.88. The van der Waals surface area contributed by atoms with E-state index in [1.165, 1.54) is 0 Å². The Morgan fingerprint density at radius 1 is 1.32 bits per heavy atom. The fourth-order valence-corrected chi connectivity index (χ4v) is 3.30. The number of hydrogen-bond acceptors (Lipinski definition) is 6. The molecule has 3 heterocycles. The van der Waals surface area contributed by atoms with Crippen LogP contribution in [0.4, 0.5) is 11.8 Å². The third-order valence-electron chi connectivity index (χ3n) is 4.70. The van der Waals surface area contributed by atoms with Crippen molar-refractivity contribution in [1.82, 2.24) is 24.5 Å². The van der Waals surface area contributed by atoms with Crippen LogP contribution in [0.3, 0.4) is 0 Å². The number of para-hydroxylation sites is 1. The summed E-state index contributed by atoms with van der Waals surface area (Å²) in [5.41, 5.74) is 8.79. The number of aliphatic carboxylic acids is 1. The summed E-state index contributed by atoms with van der Waals surface area (Å²) in [6.45, 7) is 4.01. The Morgan fingerprint density at radius 3 is 2.86 bits per heavy atom. The summed E-state index contributed by atoms with van der Waals surface area (Å²) in [7, 11) is 0. The number of nitrogens with zero attached hydrogens (tertiary/aromatic N) is 4. The second kappa shape index (κ2) is 6.84. The van der Waals surface area contributed by atoms with Gasteiger partial charge in [0, 0.05) is 29.6 Å². The number of fused-ring (bicyclic) bond motifs is 2. The van der Waals surface area contributed by atoms with Gasteiger partial charge >= 0.3 is 5.97 Å². The van der Waals surface area contributed by atoms with Crippen molar-refractivity contribution in [3.05, 3.63) is 42.4 Å². The SMILES string of the molecule is CC(C)n1cnc2c(NC(Cc3c[nH]c4ccccc34)C(=O)O)nc(N)nc21.